The Morgan fingerprint density at radius 2 is 1.87 bits per heavy atom. The highest BCUT2D eigenvalue weighted by molar-refractivity contribution is 5.86. The Hall–Kier alpha value is -2.65. The number of aryl methyl sites for hydroxylation is 1. The Bertz CT molecular complexity index is 1100. The van der Waals surface area contributed by atoms with Gasteiger partial charge in [-0.1, -0.05) is 61.5 Å². The molecule has 160 valence electrons. The summed E-state index contributed by atoms with van der Waals surface area (Å²) in [6.07, 6.45) is 6.33. The summed E-state index contributed by atoms with van der Waals surface area (Å²) < 4.78 is 2.41. The van der Waals surface area contributed by atoms with Gasteiger partial charge in [0.05, 0.1) is 6.04 Å². The van der Waals surface area contributed by atoms with E-state index in [0.717, 1.165) is 25.8 Å². The van der Waals surface area contributed by atoms with E-state index in [-0.39, 0.29) is 12.0 Å². The predicted molar refractivity (Wildman–Crippen MR) is 127 cm³/mol. The van der Waals surface area contributed by atoms with Crippen molar-refractivity contribution in [3.8, 4) is 0 Å². The second kappa shape index (κ2) is 8.12. The van der Waals surface area contributed by atoms with Crippen LogP contribution in [-0.2, 0) is 24.8 Å². The molecule has 3 heterocycles. The Kier molecular flexibility index (Phi) is 5.31. The van der Waals surface area contributed by atoms with Crippen LogP contribution < -0.4 is 0 Å². The number of allylic oxidation sites excluding steroid dienone is 1. The van der Waals surface area contributed by atoms with Gasteiger partial charge in [0, 0.05) is 42.1 Å². The van der Waals surface area contributed by atoms with Gasteiger partial charge in [-0.15, -0.1) is 6.58 Å². The van der Waals surface area contributed by atoms with Gasteiger partial charge in [-0.25, -0.2) is 0 Å². The minimum absolute atomic E-state index is 0.0371. The molecule has 1 fully saturated rings. The molecule has 31 heavy (non-hydrogen) atoms. The van der Waals surface area contributed by atoms with Gasteiger partial charge in [0.2, 0.25) is 0 Å². The standard InChI is InChI=1S/C28H32N2O/c1-4-20(5-2)22-15-27-28-23(21-13-9-10-14-25(21)29(28)3)16-26(24(22)18-31)30(27)17-19-11-7-6-8-12-19/h4,6-14,18,20,22,24,26-27H,1,5,15-17H2,2-3H3/t20-,22?,24+,26+,27-/m0/s1. The van der Waals surface area contributed by atoms with E-state index in [4.69, 9.17) is 0 Å². The lowest BCUT2D eigenvalue weighted by atomic mass is 9.66. The van der Waals surface area contributed by atoms with E-state index in [1.807, 2.05) is 0 Å². The molecule has 3 nitrogen and oxygen atoms in total. The molecule has 3 aromatic rings. The van der Waals surface area contributed by atoms with Gasteiger partial charge in [-0.05, 0) is 48.3 Å². The highest BCUT2D eigenvalue weighted by Crippen LogP contribution is 2.51. The Morgan fingerprint density at radius 1 is 1.13 bits per heavy atom. The number of piperidine rings is 1. The lowest BCUT2D eigenvalue weighted by molar-refractivity contribution is -0.122. The first-order valence-electron chi connectivity index (χ1n) is 11.6. The molecule has 0 saturated carbocycles. The minimum Gasteiger partial charge on any atom is -0.346 e. The zero-order valence-electron chi connectivity index (χ0n) is 18.6. The van der Waals surface area contributed by atoms with Crippen LogP contribution in [0.2, 0.25) is 0 Å². The van der Waals surface area contributed by atoms with E-state index in [1.165, 1.54) is 34.0 Å². The van der Waals surface area contributed by atoms with Crippen LogP contribution in [0.3, 0.4) is 0 Å². The van der Waals surface area contributed by atoms with Crippen LogP contribution in [-0.4, -0.2) is 21.8 Å². The lowest BCUT2D eigenvalue weighted by Crippen LogP contribution is -2.55. The number of hydrogen-bond acceptors (Lipinski definition) is 2. The molecule has 0 radical (unpaired) electrons. The molecule has 1 aromatic heterocycles. The van der Waals surface area contributed by atoms with E-state index in [9.17, 15) is 4.79 Å². The summed E-state index contributed by atoms with van der Waals surface area (Å²) in [4.78, 5) is 15.1. The van der Waals surface area contributed by atoms with Gasteiger partial charge < -0.3 is 9.36 Å². The zero-order chi connectivity index (χ0) is 21.5. The number of fused-ring (bicyclic) bond motifs is 6. The molecule has 0 aliphatic carbocycles. The van der Waals surface area contributed by atoms with Crippen LogP contribution in [0, 0.1) is 17.8 Å². The molecule has 2 aliphatic heterocycles. The smallest absolute Gasteiger partial charge is 0.124 e. The monoisotopic (exact) mass is 412 g/mol. The average molecular weight is 413 g/mol. The molecule has 1 unspecified atom stereocenters. The van der Waals surface area contributed by atoms with Crippen LogP contribution >= 0.6 is 0 Å². The number of carbonyl (C=O) groups excluding carboxylic acids is 1. The van der Waals surface area contributed by atoms with Gasteiger partial charge in [0.1, 0.15) is 6.29 Å². The number of carbonyl (C=O) groups is 1. The second-order valence-corrected chi connectivity index (χ2v) is 9.31. The van der Waals surface area contributed by atoms with E-state index in [1.54, 1.807) is 0 Å². The minimum atomic E-state index is 0.0371. The maximum Gasteiger partial charge on any atom is 0.124 e. The quantitative estimate of drug-likeness (QED) is 0.384. The number of nitrogens with zero attached hydrogens (tertiary/aromatic N) is 2. The zero-order valence-corrected chi connectivity index (χ0v) is 18.6. The largest absolute Gasteiger partial charge is 0.346 e. The fraction of sp³-hybridized carbons (Fsp3) is 0.393. The number of aldehydes is 1. The van der Waals surface area contributed by atoms with E-state index < -0.39 is 0 Å². The maximum atomic E-state index is 12.5. The third-order valence-corrected chi connectivity index (χ3v) is 7.94. The molecular formula is C28H32N2O. The maximum absolute atomic E-state index is 12.5. The van der Waals surface area contributed by atoms with E-state index in [0.29, 0.717) is 17.9 Å². The second-order valence-electron chi connectivity index (χ2n) is 9.31. The van der Waals surface area contributed by atoms with Crippen molar-refractivity contribution in [2.75, 3.05) is 0 Å². The molecule has 3 heteroatoms. The summed E-state index contributed by atoms with van der Waals surface area (Å²) in [6.45, 7) is 7.23. The van der Waals surface area contributed by atoms with Crippen molar-refractivity contribution < 1.29 is 4.79 Å². The lowest BCUT2D eigenvalue weighted by Gasteiger charge is -2.53. The molecule has 0 amide bonds. The Balaban J connectivity index is 1.66. The van der Waals surface area contributed by atoms with Gasteiger partial charge in [-0.2, -0.15) is 0 Å². The molecule has 5 rings (SSSR count). The van der Waals surface area contributed by atoms with Gasteiger partial charge in [-0.3, -0.25) is 4.90 Å². The summed E-state index contributed by atoms with van der Waals surface area (Å²) in [5.74, 6) is 0.776. The normalized spacial score (nSPS) is 26.4. The highest BCUT2D eigenvalue weighted by Gasteiger charge is 2.49. The van der Waals surface area contributed by atoms with Crippen LogP contribution in [0.15, 0.2) is 67.3 Å². The SMILES string of the molecule is C=C[C@@H](CC)C1C[C@H]2c3c(c4ccccc4n3C)C[C@H]([C@@H]1C=O)N2Cc1ccccc1. The number of hydrogen-bond donors (Lipinski definition) is 0. The molecule has 2 aliphatic rings. The van der Waals surface area contributed by atoms with Gasteiger partial charge >= 0.3 is 0 Å². The first-order valence-corrected chi connectivity index (χ1v) is 11.6. The topological polar surface area (TPSA) is 25.2 Å². The molecule has 0 spiro atoms. The van der Waals surface area contributed by atoms with Crippen molar-refractivity contribution in [2.24, 2.45) is 24.8 Å². The predicted octanol–water partition coefficient (Wildman–Crippen LogP) is 5.69. The first-order chi connectivity index (χ1) is 15.2. The van der Waals surface area contributed by atoms with Gasteiger partial charge in [0.15, 0.2) is 0 Å². The fourth-order valence-electron chi connectivity index (χ4n) is 6.47. The van der Waals surface area contributed by atoms with Crippen molar-refractivity contribution in [1.82, 2.24) is 9.47 Å². The van der Waals surface area contributed by atoms with Crippen LogP contribution in [0.5, 0.6) is 0 Å². The van der Waals surface area contributed by atoms with Crippen LogP contribution in [0.25, 0.3) is 10.9 Å². The Labute approximate surface area is 185 Å². The summed E-state index contributed by atoms with van der Waals surface area (Å²) >= 11 is 0. The van der Waals surface area contributed by atoms with Crippen molar-refractivity contribution in [1.29, 1.82) is 0 Å². The first kappa shape index (κ1) is 20.3. The fourth-order valence-corrected chi connectivity index (χ4v) is 6.47. The molecule has 2 bridgehead atoms. The van der Waals surface area contributed by atoms with Crippen molar-refractivity contribution in [2.45, 2.75) is 44.8 Å². The molecular weight excluding hydrogens is 380 g/mol. The van der Waals surface area contributed by atoms with Gasteiger partial charge in [0.25, 0.3) is 0 Å². The molecule has 5 atom stereocenters. The number of aromatic nitrogens is 1. The molecule has 0 N–H and O–H groups in total. The summed E-state index contributed by atoms with van der Waals surface area (Å²) in [6, 6.07) is 20.0. The third kappa shape index (κ3) is 3.18. The van der Waals surface area contributed by atoms with Crippen molar-refractivity contribution >= 4 is 17.2 Å². The van der Waals surface area contributed by atoms with Crippen LogP contribution in [0.1, 0.15) is 42.6 Å². The summed E-state index contributed by atoms with van der Waals surface area (Å²) in [5.41, 5.74) is 5.52. The molecule has 2 aromatic carbocycles. The van der Waals surface area contributed by atoms with Crippen molar-refractivity contribution in [3.05, 3.63) is 84.1 Å². The van der Waals surface area contributed by atoms with E-state index >= 15 is 0 Å². The van der Waals surface area contributed by atoms with E-state index in [2.05, 4.69) is 90.7 Å². The third-order valence-electron chi connectivity index (χ3n) is 7.94. The molecule has 1 saturated heterocycles. The average Bonchev–Trinajstić information content (AvgIpc) is 3.08. The highest BCUT2D eigenvalue weighted by atomic mass is 16.1. The van der Waals surface area contributed by atoms with Crippen molar-refractivity contribution in [3.63, 3.8) is 0 Å². The number of rotatable bonds is 6. The summed E-state index contributed by atoms with van der Waals surface area (Å²) in [7, 11) is 2.22. The number of para-hydroxylation sites is 1. The number of benzene rings is 2. The van der Waals surface area contributed by atoms with Crippen LogP contribution in [0.4, 0.5) is 0 Å². The summed E-state index contributed by atoms with van der Waals surface area (Å²) in [5, 5.41) is 1.35. The Morgan fingerprint density at radius 3 is 2.58 bits per heavy atom.